The highest BCUT2D eigenvalue weighted by molar-refractivity contribution is 5.32. The quantitative estimate of drug-likeness (QED) is 0.795. The summed E-state index contributed by atoms with van der Waals surface area (Å²) in [4.78, 5) is 11.6. The van der Waals surface area contributed by atoms with Gasteiger partial charge in [-0.1, -0.05) is 18.2 Å². The Hall–Kier alpha value is -2.44. The molecule has 0 bridgehead atoms. The molecule has 1 N–H and O–H groups in total. The molecule has 3 heterocycles. The number of aryl methyl sites for hydroxylation is 1. The van der Waals surface area contributed by atoms with E-state index in [1.165, 1.54) is 0 Å². The molecule has 1 fully saturated rings. The first-order valence-corrected chi connectivity index (χ1v) is 8.32. The van der Waals surface area contributed by atoms with Crippen molar-refractivity contribution >= 4 is 0 Å². The largest absolute Gasteiger partial charge is 0.337 e. The van der Waals surface area contributed by atoms with Crippen LogP contribution in [0.1, 0.15) is 17.7 Å². The number of hydrogen-bond acceptors (Lipinski definition) is 4. The molecule has 1 aliphatic rings. The van der Waals surface area contributed by atoms with Crippen molar-refractivity contribution in [2.45, 2.75) is 12.6 Å². The number of nitrogens with zero attached hydrogens (tertiary/aromatic N) is 5. The van der Waals surface area contributed by atoms with Crippen molar-refractivity contribution in [3.05, 3.63) is 66.8 Å². The third kappa shape index (κ3) is 2.86. The first-order chi connectivity index (χ1) is 11.8. The Labute approximate surface area is 141 Å². The number of nitrogens with one attached hydrogen (secondary N) is 1. The number of piperazine rings is 1. The highest BCUT2D eigenvalue weighted by Gasteiger charge is 2.27. The molecule has 4 rings (SSSR count). The Morgan fingerprint density at radius 2 is 1.96 bits per heavy atom. The summed E-state index contributed by atoms with van der Waals surface area (Å²) in [6, 6.07) is 10.6. The molecule has 1 aromatic carbocycles. The summed E-state index contributed by atoms with van der Waals surface area (Å²) in [7, 11) is 2.06. The maximum absolute atomic E-state index is 4.60. The van der Waals surface area contributed by atoms with Crippen molar-refractivity contribution in [2.24, 2.45) is 7.05 Å². The monoisotopic (exact) mass is 322 g/mol. The van der Waals surface area contributed by atoms with Gasteiger partial charge in [0.2, 0.25) is 0 Å². The van der Waals surface area contributed by atoms with Crippen molar-refractivity contribution in [3.8, 4) is 5.69 Å². The second-order valence-electron chi connectivity index (χ2n) is 6.14. The highest BCUT2D eigenvalue weighted by atomic mass is 15.3. The summed E-state index contributed by atoms with van der Waals surface area (Å²) < 4.78 is 4.27. The highest BCUT2D eigenvalue weighted by Crippen LogP contribution is 2.23. The van der Waals surface area contributed by atoms with Crippen LogP contribution in [0.3, 0.4) is 0 Å². The number of aromatic nitrogens is 4. The van der Waals surface area contributed by atoms with Crippen LogP contribution in [-0.4, -0.2) is 43.6 Å². The zero-order valence-electron chi connectivity index (χ0n) is 13.8. The number of para-hydroxylation sites is 1. The molecule has 6 nitrogen and oxygen atoms in total. The van der Waals surface area contributed by atoms with Crippen LogP contribution >= 0.6 is 0 Å². The lowest BCUT2D eigenvalue weighted by molar-refractivity contribution is 0.140. The van der Waals surface area contributed by atoms with E-state index in [1.807, 2.05) is 30.9 Å². The zero-order chi connectivity index (χ0) is 16.4. The van der Waals surface area contributed by atoms with E-state index in [0.717, 1.165) is 43.5 Å². The Balaban J connectivity index is 1.60. The average Bonchev–Trinajstić information content (AvgIpc) is 3.25. The van der Waals surface area contributed by atoms with Crippen LogP contribution in [0.5, 0.6) is 0 Å². The van der Waals surface area contributed by atoms with Gasteiger partial charge in [0.05, 0.1) is 12.6 Å². The van der Waals surface area contributed by atoms with Crippen LogP contribution in [0.4, 0.5) is 0 Å². The van der Waals surface area contributed by atoms with Crippen LogP contribution in [-0.2, 0) is 13.6 Å². The molecule has 0 spiro atoms. The van der Waals surface area contributed by atoms with E-state index >= 15 is 0 Å². The molecular weight excluding hydrogens is 300 g/mol. The maximum atomic E-state index is 4.60. The van der Waals surface area contributed by atoms with E-state index in [4.69, 9.17) is 0 Å². The summed E-state index contributed by atoms with van der Waals surface area (Å²) in [5.74, 6) is 2.15. The van der Waals surface area contributed by atoms with E-state index in [9.17, 15) is 0 Å². The lowest BCUT2D eigenvalue weighted by Crippen LogP contribution is -2.46. The number of benzene rings is 1. The van der Waals surface area contributed by atoms with Gasteiger partial charge in [-0.3, -0.25) is 4.90 Å². The summed E-state index contributed by atoms with van der Waals surface area (Å²) >= 11 is 0. The number of hydrogen-bond donors (Lipinski definition) is 1. The SMILES string of the molecule is Cn1ccnc1C1CNCCN1Cc1nccn1-c1ccccc1. The lowest BCUT2D eigenvalue weighted by atomic mass is 10.1. The molecule has 1 unspecified atom stereocenters. The van der Waals surface area contributed by atoms with Gasteiger partial charge >= 0.3 is 0 Å². The van der Waals surface area contributed by atoms with Gasteiger partial charge in [-0.15, -0.1) is 0 Å². The van der Waals surface area contributed by atoms with Gasteiger partial charge in [-0.05, 0) is 12.1 Å². The van der Waals surface area contributed by atoms with Crippen molar-refractivity contribution < 1.29 is 0 Å². The van der Waals surface area contributed by atoms with Crippen LogP contribution in [0, 0.1) is 0 Å². The lowest BCUT2D eigenvalue weighted by Gasteiger charge is -2.35. The molecule has 24 heavy (non-hydrogen) atoms. The Bertz CT molecular complexity index is 791. The summed E-state index contributed by atoms with van der Waals surface area (Å²) in [6.07, 6.45) is 7.78. The molecule has 1 aliphatic heterocycles. The van der Waals surface area contributed by atoms with Gasteiger partial charge in [0, 0.05) is 57.2 Å². The van der Waals surface area contributed by atoms with Crippen LogP contribution in [0.25, 0.3) is 5.69 Å². The maximum Gasteiger partial charge on any atom is 0.127 e. The van der Waals surface area contributed by atoms with Crippen molar-refractivity contribution in [1.29, 1.82) is 0 Å². The average molecular weight is 322 g/mol. The van der Waals surface area contributed by atoms with Gasteiger partial charge in [0.25, 0.3) is 0 Å². The van der Waals surface area contributed by atoms with Crippen LogP contribution in [0.2, 0.25) is 0 Å². The molecule has 1 saturated heterocycles. The van der Waals surface area contributed by atoms with Crippen molar-refractivity contribution in [2.75, 3.05) is 19.6 Å². The second-order valence-corrected chi connectivity index (χ2v) is 6.14. The van der Waals surface area contributed by atoms with Crippen LogP contribution in [0.15, 0.2) is 55.1 Å². The van der Waals surface area contributed by atoms with E-state index in [1.54, 1.807) is 0 Å². The summed E-state index contributed by atoms with van der Waals surface area (Å²) in [5, 5.41) is 3.48. The van der Waals surface area contributed by atoms with E-state index in [0.29, 0.717) is 0 Å². The third-order valence-corrected chi connectivity index (χ3v) is 4.61. The molecule has 0 saturated carbocycles. The minimum atomic E-state index is 0.264. The first kappa shape index (κ1) is 15.1. The van der Waals surface area contributed by atoms with E-state index in [2.05, 4.69) is 60.6 Å². The second kappa shape index (κ2) is 6.59. The predicted molar refractivity (Wildman–Crippen MR) is 92.8 cm³/mol. The molecule has 6 heteroatoms. The molecular formula is C18H22N6. The molecule has 3 aromatic rings. The molecule has 0 amide bonds. The Kier molecular flexibility index (Phi) is 4.15. The Morgan fingerprint density at radius 3 is 2.75 bits per heavy atom. The minimum absolute atomic E-state index is 0.264. The smallest absolute Gasteiger partial charge is 0.127 e. The van der Waals surface area contributed by atoms with E-state index in [-0.39, 0.29) is 6.04 Å². The number of rotatable bonds is 4. The molecule has 124 valence electrons. The fraction of sp³-hybridized carbons (Fsp3) is 0.333. The first-order valence-electron chi connectivity index (χ1n) is 8.32. The Morgan fingerprint density at radius 1 is 1.12 bits per heavy atom. The predicted octanol–water partition coefficient (Wildman–Crippen LogP) is 1.75. The van der Waals surface area contributed by atoms with E-state index < -0.39 is 0 Å². The molecule has 0 aliphatic carbocycles. The fourth-order valence-corrected chi connectivity index (χ4v) is 3.35. The zero-order valence-corrected chi connectivity index (χ0v) is 13.8. The molecule has 2 aromatic heterocycles. The third-order valence-electron chi connectivity index (χ3n) is 4.61. The summed E-state index contributed by atoms with van der Waals surface area (Å²) in [5.41, 5.74) is 1.15. The normalized spacial score (nSPS) is 18.8. The van der Waals surface area contributed by atoms with Crippen LogP contribution < -0.4 is 5.32 Å². The van der Waals surface area contributed by atoms with Crippen molar-refractivity contribution in [3.63, 3.8) is 0 Å². The van der Waals surface area contributed by atoms with Gasteiger partial charge in [0.1, 0.15) is 11.6 Å². The van der Waals surface area contributed by atoms with Gasteiger partial charge in [-0.25, -0.2) is 9.97 Å². The fourth-order valence-electron chi connectivity index (χ4n) is 3.35. The summed E-state index contributed by atoms with van der Waals surface area (Å²) in [6.45, 7) is 3.70. The van der Waals surface area contributed by atoms with Crippen molar-refractivity contribution in [1.82, 2.24) is 29.3 Å². The van der Waals surface area contributed by atoms with Gasteiger partial charge in [0.15, 0.2) is 0 Å². The van der Waals surface area contributed by atoms with Gasteiger partial charge < -0.3 is 14.5 Å². The molecule has 1 atom stereocenters. The molecule has 0 radical (unpaired) electrons. The topological polar surface area (TPSA) is 50.9 Å². The standard InChI is InChI=1S/C18H22N6/c1-22-10-8-21-18(22)16-13-19-7-11-23(16)14-17-20-9-12-24(17)15-5-3-2-4-6-15/h2-6,8-10,12,16,19H,7,11,13-14H2,1H3. The minimum Gasteiger partial charge on any atom is -0.337 e. The number of imidazole rings is 2. The van der Waals surface area contributed by atoms with Gasteiger partial charge in [-0.2, -0.15) is 0 Å².